The fourth-order valence-electron chi connectivity index (χ4n) is 1.28. The highest BCUT2D eigenvalue weighted by atomic mass is 35.5. The molecule has 2 rings (SSSR count). The van der Waals surface area contributed by atoms with Crippen molar-refractivity contribution in [3.8, 4) is 5.13 Å². The average molecular weight is 262 g/mol. The molecule has 0 saturated carbocycles. The summed E-state index contributed by atoms with van der Waals surface area (Å²) in [7, 11) is 0. The van der Waals surface area contributed by atoms with Gasteiger partial charge >= 0.3 is 0 Å². The molecule has 0 N–H and O–H groups in total. The van der Waals surface area contributed by atoms with Crippen molar-refractivity contribution in [1.82, 2.24) is 14.5 Å². The Hall–Kier alpha value is -0.580. The third-order valence-electron chi connectivity index (χ3n) is 2.00. The first-order chi connectivity index (χ1) is 7.26. The van der Waals surface area contributed by atoms with Crippen molar-refractivity contribution in [3.63, 3.8) is 0 Å². The number of imidazole rings is 1. The molecule has 0 atom stereocenters. The van der Waals surface area contributed by atoms with Gasteiger partial charge in [0.25, 0.3) is 0 Å². The van der Waals surface area contributed by atoms with Crippen LogP contribution in [0.2, 0.25) is 5.15 Å². The molecule has 15 heavy (non-hydrogen) atoms. The van der Waals surface area contributed by atoms with E-state index in [0.717, 1.165) is 22.3 Å². The summed E-state index contributed by atoms with van der Waals surface area (Å²) in [6.45, 7) is 2.05. The zero-order valence-electron chi connectivity index (χ0n) is 8.07. The lowest BCUT2D eigenvalue weighted by molar-refractivity contribution is 0.884. The molecule has 2 aromatic rings. The van der Waals surface area contributed by atoms with Crippen LogP contribution in [0.5, 0.6) is 0 Å². The van der Waals surface area contributed by atoms with E-state index >= 15 is 0 Å². The third kappa shape index (κ3) is 2.02. The molecule has 0 aliphatic heterocycles. The van der Waals surface area contributed by atoms with Crippen LogP contribution in [-0.4, -0.2) is 14.5 Å². The van der Waals surface area contributed by atoms with Gasteiger partial charge in [0.2, 0.25) is 0 Å². The minimum atomic E-state index is 0.395. The molecule has 0 fully saturated rings. The lowest BCUT2D eigenvalue weighted by Crippen LogP contribution is -1.97. The van der Waals surface area contributed by atoms with Crippen LogP contribution in [0, 0.1) is 0 Å². The number of halogens is 2. The molecule has 2 aromatic heterocycles. The van der Waals surface area contributed by atoms with Crippen molar-refractivity contribution >= 4 is 34.5 Å². The van der Waals surface area contributed by atoms with Gasteiger partial charge in [0.05, 0.1) is 10.8 Å². The predicted octanol–water partition coefficient (Wildman–Crippen LogP) is 3.28. The monoisotopic (exact) mass is 261 g/mol. The van der Waals surface area contributed by atoms with E-state index in [4.69, 9.17) is 23.2 Å². The van der Waals surface area contributed by atoms with E-state index in [0.29, 0.717) is 11.0 Å². The molecule has 3 nitrogen and oxygen atoms in total. The van der Waals surface area contributed by atoms with Gasteiger partial charge in [0, 0.05) is 18.8 Å². The number of thiazole rings is 1. The highest BCUT2D eigenvalue weighted by Crippen LogP contribution is 2.27. The zero-order valence-corrected chi connectivity index (χ0v) is 10.4. The van der Waals surface area contributed by atoms with Gasteiger partial charge < -0.3 is 0 Å². The molecule has 2 heterocycles. The molecule has 0 saturated heterocycles. The Kier molecular flexibility index (Phi) is 3.29. The Balaban J connectivity index is 2.45. The Bertz CT molecular complexity index is 464. The number of nitrogens with zero attached hydrogens (tertiary/aromatic N) is 3. The minimum Gasteiger partial charge on any atom is -0.279 e. The van der Waals surface area contributed by atoms with Crippen LogP contribution in [0.1, 0.15) is 17.6 Å². The van der Waals surface area contributed by atoms with E-state index in [-0.39, 0.29) is 0 Å². The number of aromatic nitrogens is 3. The van der Waals surface area contributed by atoms with E-state index in [1.165, 1.54) is 11.3 Å². The maximum absolute atomic E-state index is 5.94. The van der Waals surface area contributed by atoms with Crippen molar-refractivity contribution < 1.29 is 0 Å². The molecule has 80 valence electrons. The first-order valence-corrected chi connectivity index (χ1v) is 6.23. The van der Waals surface area contributed by atoms with E-state index in [2.05, 4.69) is 16.9 Å². The molecule has 0 bridgehead atoms. The molecule has 0 unspecified atom stereocenters. The van der Waals surface area contributed by atoms with Gasteiger partial charge in [0.15, 0.2) is 5.13 Å². The van der Waals surface area contributed by atoms with Gasteiger partial charge in [-0.15, -0.1) is 11.6 Å². The number of hydrogen-bond donors (Lipinski definition) is 0. The SMILES string of the molecule is CCc1nccn1-c1nc(Cl)c(CCl)s1. The lowest BCUT2D eigenvalue weighted by Gasteiger charge is -1.99. The molecule has 0 aliphatic carbocycles. The second-order valence-electron chi connectivity index (χ2n) is 2.91. The van der Waals surface area contributed by atoms with E-state index < -0.39 is 0 Å². The van der Waals surface area contributed by atoms with Gasteiger partial charge in [-0.1, -0.05) is 29.9 Å². The normalized spacial score (nSPS) is 10.9. The summed E-state index contributed by atoms with van der Waals surface area (Å²) in [5.41, 5.74) is 0. The Morgan fingerprint density at radius 2 is 2.33 bits per heavy atom. The first kappa shape index (κ1) is 10.9. The highest BCUT2D eigenvalue weighted by molar-refractivity contribution is 7.14. The van der Waals surface area contributed by atoms with Crippen LogP contribution >= 0.6 is 34.5 Å². The number of rotatable bonds is 3. The number of alkyl halides is 1. The van der Waals surface area contributed by atoms with Crippen LogP contribution in [-0.2, 0) is 12.3 Å². The van der Waals surface area contributed by atoms with E-state index in [1.807, 2.05) is 10.8 Å². The average Bonchev–Trinajstić information content (AvgIpc) is 2.82. The largest absolute Gasteiger partial charge is 0.279 e. The first-order valence-electron chi connectivity index (χ1n) is 4.50. The summed E-state index contributed by atoms with van der Waals surface area (Å²) in [4.78, 5) is 9.38. The van der Waals surface area contributed by atoms with Crippen LogP contribution < -0.4 is 0 Å². The summed E-state index contributed by atoms with van der Waals surface area (Å²) in [5.74, 6) is 1.37. The zero-order chi connectivity index (χ0) is 10.8. The molecular weight excluding hydrogens is 253 g/mol. The molecule has 0 amide bonds. The summed E-state index contributed by atoms with van der Waals surface area (Å²) >= 11 is 13.2. The summed E-state index contributed by atoms with van der Waals surface area (Å²) in [5, 5.41) is 1.31. The van der Waals surface area contributed by atoms with Crippen LogP contribution in [0.25, 0.3) is 5.13 Å². The number of aryl methyl sites for hydroxylation is 1. The second kappa shape index (κ2) is 4.51. The maximum atomic E-state index is 5.94. The molecular formula is C9H9Cl2N3S. The molecule has 0 aromatic carbocycles. The van der Waals surface area contributed by atoms with Gasteiger partial charge in [-0.25, -0.2) is 9.97 Å². The number of hydrogen-bond acceptors (Lipinski definition) is 3. The second-order valence-corrected chi connectivity index (χ2v) is 4.60. The molecule has 6 heteroatoms. The van der Waals surface area contributed by atoms with Crippen LogP contribution in [0.3, 0.4) is 0 Å². The van der Waals surface area contributed by atoms with Crippen molar-refractivity contribution in [3.05, 3.63) is 28.2 Å². The Labute approximate surface area is 102 Å². The molecule has 0 radical (unpaired) electrons. The summed E-state index contributed by atoms with van der Waals surface area (Å²) < 4.78 is 1.94. The van der Waals surface area contributed by atoms with Gasteiger partial charge in [-0.3, -0.25) is 4.57 Å². The fourth-order valence-corrected chi connectivity index (χ4v) is 2.75. The Morgan fingerprint density at radius 3 is 2.93 bits per heavy atom. The smallest absolute Gasteiger partial charge is 0.196 e. The van der Waals surface area contributed by atoms with Crippen LogP contribution in [0.15, 0.2) is 12.4 Å². The van der Waals surface area contributed by atoms with Gasteiger partial charge in [0.1, 0.15) is 11.0 Å². The van der Waals surface area contributed by atoms with E-state index in [9.17, 15) is 0 Å². The van der Waals surface area contributed by atoms with Gasteiger partial charge in [-0.2, -0.15) is 0 Å². The maximum Gasteiger partial charge on any atom is 0.196 e. The van der Waals surface area contributed by atoms with Crippen molar-refractivity contribution in [1.29, 1.82) is 0 Å². The van der Waals surface area contributed by atoms with Crippen molar-refractivity contribution in [2.45, 2.75) is 19.2 Å². The van der Waals surface area contributed by atoms with Crippen molar-refractivity contribution in [2.24, 2.45) is 0 Å². The standard InChI is InChI=1S/C9H9Cl2N3S/c1-2-7-12-3-4-14(7)9-13-8(11)6(5-10)15-9/h3-4H,2,5H2,1H3. The highest BCUT2D eigenvalue weighted by Gasteiger charge is 2.11. The lowest BCUT2D eigenvalue weighted by atomic mass is 10.5. The minimum absolute atomic E-state index is 0.395. The van der Waals surface area contributed by atoms with E-state index in [1.54, 1.807) is 6.20 Å². The quantitative estimate of drug-likeness (QED) is 0.795. The van der Waals surface area contributed by atoms with Crippen LogP contribution in [0.4, 0.5) is 0 Å². The topological polar surface area (TPSA) is 30.7 Å². The van der Waals surface area contributed by atoms with Gasteiger partial charge in [-0.05, 0) is 0 Å². The Morgan fingerprint density at radius 1 is 1.53 bits per heavy atom. The molecule has 0 spiro atoms. The predicted molar refractivity (Wildman–Crippen MR) is 63.2 cm³/mol. The van der Waals surface area contributed by atoms with Crippen molar-refractivity contribution in [2.75, 3.05) is 0 Å². The summed E-state index contributed by atoms with van der Waals surface area (Å²) in [6.07, 6.45) is 4.50. The third-order valence-corrected chi connectivity index (χ3v) is 3.90. The summed E-state index contributed by atoms with van der Waals surface area (Å²) in [6, 6.07) is 0. The molecule has 0 aliphatic rings. The fraction of sp³-hybridized carbons (Fsp3) is 0.333.